The van der Waals surface area contributed by atoms with E-state index in [1.54, 1.807) is 24.3 Å². The van der Waals surface area contributed by atoms with Gasteiger partial charge in [-0.25, -0.2) is 4.79 Å². The number of aliphatic carboxylic acids is 1. The van der Waals surface area contributed by atoms with Gasteiger partial charge in [0.05, 0.1) is 13.0 Å². The molecule has 0 aromatic heterocycles. The molecule has 0 fully saturated rings. The number of hydrogen-bond acceptors (Lipinski definition) is 2. The van der Waals surface area contributed by atoms with Crippen LogP contribution in [0.15, 0.2) is 35.9 Å². The molecule has 0 bridgehead atoms. The van der Waals surface area contributed by atoms with Crippen molar-refractivity contribution in [2.75, 3.05) is 6.54 Å². The minimum Gasteiger partial charge on any atom is -0.481 e. The lowest BCUT2D eigenvalue weighted by molar-refractivity contribution is -0.136. The van der Waals surface area contributed by atoms with Crippen LogP contribution < -0.4 is 10.6 Å². The Balaban J connectivity index is 2.55. The molecule has 2 amide bonds. The molecule has 0 atom stereocenters. The highest BCUT2D eigenvalue weighted by Crippen LogP contribution is 2.09. The zero-order valence-electron chi connectivity index (χ0n) is 10.3. The van der Waals surface area contributed by atoms with Gasteiger partial charge >= 0.3 is 12.0 Å². The number of urea groups is 1. The molecule has 19 heavy (non-hydrogen) atoms. The first-order valence-corrected chi connectivity index (χ1v) is 6.00. The van der Waals surface area contributed by atoms with Gasteiger partial charge in [-0.15, -0.1) is 0 Å². The van der Waals surface area contributed by atoms with Crippen LogP contribution in [0.2, 0.25) is 0 Å². The summed E-state index contributed by atoms with van der Waals surface area (Å²) in [7, 11) is 0. The molecule has 0 heterocycles. The molecule has 1 rings (SSSR count). The fourth-order valence-corrected chi connectivity index (χ4v) is 1.55. The SMILES string of the molecule is C=C(Cl)CNC(=O)NCc1ccccc1CC(=O)O. The number of halogens is 1. The predicted molar refractivity (Wildman–Crippen MR) is 73.0 cm³/mol. The van der Waals surface area contributed by atoms with Crippen molar-refractivity contribution in [3.05, 3.63) is 47.0 Å². The van der Waals surface area contributed by atoms with Crippen LogP contribution in [0, 0.1) is 0 Å². The minimum absolute atomic E-state index is 0.0715. The average molecular weight is 283 g/mol. The van der Waals surface area contributed by atoms with Crippen LogP contribution in [0.5, 0.6) is 0 Å². The Morgan fingerprint density at radius 3 is 2.42 bits per heavy atom. The molecule has 1 aromatic rings. The summed E-state index contributed by atoms with van der Waals surface area (Å²) in [6.45, 7) is 3.89. The molecule has 0 aliphatic heterocycles. The van der Waals surface area contributed by atoms with Crippen LogP contribution in [0.25, 0.3) is 0 Å². The van der Waals surface area contributed by atoms with Crippen molar-refractivity contribution in [1.29, 1.82) is 0 Å². The summed E-state index contributed by atoms with van der Waals surface area (Å²) in [4.78, 5) is 22.1. The van der Waals surface area contributed by atoms with Gasteiger partial charge in [-0.3, -0.25) is 4.79 Å². The first-order valence-electron chi connectivity index (χ1n) is 5.62. The second-order valence-corrected chi connectivity index (χ2v) is 4.43. The van der Waals surface area contributed by atoms with Gasteiger partial charge in [0.2, 0.25) is 0 Å². The van der Waals surface area contributed by atoms with Crippen molar-refractivity contribution >= 4 is 23.6 Å². The van der Waals surface area contributed by atoms with E-state index < -0.39 is 5.97 Å². The summed E-state index contributed by atoms with van der Waals surface area (Å²) >= 11 is 5.52. The Hall–Kier alpha value is -2.01. The van der Waals surface area contributed by atoms with Crippen molar-refractivity contribution in [2.24, 2.45) is 0 Å². The van der Waals surface area contributed by atoms with Gasteiger partial charge in [0, 0.05) is 11.6 Å². The number of amides is 2. The smallest absolute Gasteiger partial charge is 0.315 e. The molecule has 0 saturated heterocycles. The summed E-state index contributed by atoms with van der Waals surface area (Å²) in [6, 6.07) is 6.68. The van der Waals surface area contributed by atoms with E-state index in [0.717, 1.165) is 5.56 Å². The Labute approximate surface area is 116 Å². The van der Waals surface area contributed by atoms with Gasteiger partial charge < -0.3 is 15.7 Å². The van der Waals surface area contributed by atoms with E-state index in [-0.39, 0.29) is 25.5 Å². The van der Waals surface area contributed by atoms with E-state index in [1.165, 1.54) is 0 Å². The Bertz CT molecular complexity index is 489. The third-order valence-corrected chi connectivity index (χ3v) is 2.47. The largest absolute Gasteiger partial charge is 0.481 e. The number of carboxylic acid groups (broad SMARTS) is 1. The first kappa shape index (κ1) is 15.0. The van der Waals surface area contributed by atoms with Crippen molar-refractivity contribution < 1.29 is 14.7 Å². The number of hydrogen-bond donors (Lipinski definition) is 3. The number of benzene rings is 1. The molecule has 5 nitrogen and oxygen atoms in total. The maximum Gasteiger partial charge on any atom is 0.315 e. The molecule has 0 aliphatic rings. The van der Waals surface area contributed by atoms with Crippen LogP contribution in [0.1, 0.15) is 11.1 Å². The number of carbonyl (C=O) groups is 2. The van der Waals surface area contributed by atoms with Crippen LogP contribution in [-0.2, 0) is 17.8 Å². The van der Waals surface area contributed by atoms with Crippen molar-refractivity contribution in [3.63, 3.8) is 0 Å². The van der Waals surface area contributed by atoms with E-state index in [9.17, 15) is 9.59 Å². The second kappa shape index (κ2) is 7.43. The standard InChI is InChI=1S/C13H15ClN2O3/c1-9(14)7-15-13(19)16-8-11-5-3-2-4-10(11)6-12(17)18/h2-5H,1,6-8H2,(H,17,18)(H2,15,16,19). The predicted octanol–water partition coefficient (Wildman–Crippen LogP) is 1.87. The summed E-state index contributed by atoms with van der Waals surface area (Å²) in [5, 5.41) is 14.3. The average Bonchev–Trinajstić information content (AvgIpc) is 2.34. The normalized spacial score (nSPS) is 9.74. The van der Waals surface area contributed by atoms with E-state index in [0.29, 0.717) is 10.6 Å². The van der Waals surface area contributed by atoms with Crippen LogP contribution in [-0.4, -0.2) is 23.7 Å². The molecule has 0 aliphatic carbocycles. The van der Waals surface area contributed by atoms with Gasteiger partial charge in [-0.2, -0.15) is 0 Å². The van der Waals surface area contributed by atoms with Gasteiger partial charge in [0.25, 0.3) is 0 Å². The molecule has 3 N–H and O–H groups in total. The Morgan fingerprint density at radius 1 is 1.21 bits per heavy atom. The highest BCUT2D eigenvalue weighted by Gasteiger charge is 2.07. The molecular formula is C13H15ClN2O3. The number of carboxylic acids is 1. The lowest BCUT2D eigenvalue weighted by Gasteiger charge is -2.10. The highest BCUT2D eigenvalue weighted by atomic mass is 35.5. The van der Waals surface area contributed by atoms with Gasteiger partial charge in [0.1, 0.15) is 0 Å². The maximum absolute atomic E-state index is 11.4. The fraction of sp³-hybridized carbons (Fsp3) is 0.231. The number of nitrogens with one attached hydrogen (secondary N) is 2. The van der Waals surface area contributed by atoms with Crippen molar-refractivity contribution in [3.8, 4) is 0 Å². The minimum atomic E-state index is -0.907. The van der Waals surface area contributed by atoms with Crippen LogP contribution in [0.4, 0.5) is 4.79 Å². The lowest BCUT2D eigenvalue weighted by atomic mass is 10.0. The van der Waals surface area contributed by atoms with Gasteiger partial charge in [0.15, 0.2) is 0 Å². The summed E-state index contributed by atoms with van der Waals surface area (Å²) in [5.74, 6) is -0.907. The van der Waals surface area contributed by atoms with Crippen molar-refractivity contribution in [2.45, 2.75) is 13.0 Å². The first-order chi connectivity index (χ1) is 8.99. The van der Waals surface area contributed by atoms with Crippen LogP contribution in [0.3, 0.4) is 0 Å². The van der Waals surface area contributed by atoms with E-state index in [1.807, 2.05) is 0 Å². The summed E-state index contributed by atoms with van der Waals surface area (Å²) in [5.41, 5.74) is 1.45. The molecule has 0 radical (unpaired) electrons. The van der Waals surface area contributed by atoms with Gasteiger partial charge in [-0.05, 0) is 11.1 Å². The Morgan fingerprint density at radius 2 is 1.84 bits per heavy atom. The monoisotopic (exact) mass is 282 g/mol. The topological polar surface area (TPSA) is 78.4 Å². The molecule has 1 aromatic carbocycles. The van der Waals surface area contributed by atoms with E-state index >= 15 is 0 Å². The third-order valence-electron chi connectivity index (χ3n) is 2.34. The molecule has 0 saturated carbocycles. The molecular weight excluding hydrogens is 268 g/mol. The Kier molecular flexibility index (Phi) is 5.89. The van der Waals surface area contributed by atoms with Crippen molar-refractivity contribution in [1.82, 2.24) is 10.6 Å². The van der Waals surface area contributed by atoms with Gasteiger partial charge in [-0.1, -0.05) is 42.4 Å². The number of rotatable bonds is 6. The van der Waals surface area contributed by atoms with E-state index in [4.69, 9.17) is 16.7 Å². The molecule has 0 unspecified atom stereocenters. The zero-order chi connectivity index (χ0) is 14.3. The van der Waals surface area contributed by atoms with Crippen LogP contribution >= 0.6 is 11.6 Å². The molecule has 0 spiro atoms. The molecule has 6 heteroatoms. The fourth-order valence-electron chi connectivity index (χ4n) is 1.48. The molecule has 102 valence electrons. The lowest BCUT2D eigenvalue weighted by Crippen LogP contribution is -2.35. The summed E-state index contributed by atoms with van der Waals surface area (Å²) < 4.78 is 0. The number of carbonyl (C=O) groups excluding carboxylic acids is 1. The highest BCUT2D eigenvalue weighted by molar-refractivity contribution is 6.29. The summed E-state index contributed by atoms with van der Waals surface area (Å²) in [6.07, 6.45) is -0.0715. The zero-order valence-corrected chi connectivity index (χ0v) is 11.0. The third kappa shape index (κ3) is 5.92. The second-order valence-electron chi connectivity index (χ2n) is 3.89. The maximum atomic E-state index is 11.4. The van der Waals surface area contributed by atoms with E-state index in [2.05, 4.69) is 17.2 Å². The quantitative estimate of drug-likeness (QED) is 0.745.